The molecule has 0 spiro atoms. The number of rotatable bonds is 6. The summed E-state index contributed by atoms with van der Waals surface area (Å²) in [5.41, 5.74) is 5.69. The fourth-order valence-corrected chi connectivity index (χ4v) is 1.36. The van der Waals surface area contributed by atoms with E-state index in [4.69, 9.17) is 10.5 Å². The predicted molar refractivity (Wildman–Crippen MR) is 57.9 cm³/mol. The molecule has 0 saturated carbocycles. The second-order valence-corrected chi connectivity index (χ2v) is 4.27. The van der Waals surface area contributed by atoms with E-state index < -0.39 is 6.04 Å². The van der Waals surface area contributed by atoms with Crippen molar-refractivity contribution in [3.05, 3.63) is 0 Å². The summed E-state index contributed by atoms with van der Waals surface area (Å²) in [6, 6.07) is -0.464. The molecule has 0 fully saturated rings. The van der Waals surface area contributed by atoms with Crippen LogP contribution in [0.5, 0.6) is 0 Å². The molecule has 1 unspecified atom stereocenters. The Morgan fingerprint density at radius 2 is 1.93 bits per heavy atom. The standard InChI is InChI=1S/C11H23NO2/c1-5-6-9(4)14-11(13)10(12)7-8(2)3/h8-10H,5-7,12H2,1-4H3/t9?,10-/m0/s1. The fraction of sp³-hybridized carbons (Fsp3) is 0.909. The van der Waals surface area contributed by atoms with Gasteiger partial charge in [0.15, 0.2) is 0 Å². The zero-order valence-corrected chi connectivity index (χ0v) is 9.75. The Morgan fingerprint density at radius 1 is 1.36 bits per heavy atom. The van der Waals surface area contributed by atoms with E-state index in [1.54, 1.807) is 0 Å². The number of ether oxygens (including phenoxy) is 1. The number of nitrogens with two attached hydrogens (primary N) is 1. The summed E-state index contributed by atoms with van der Waals surface area (Å²) < 4.78 is 5.19. The minimum absolute atomic E-state index is 0.00860. The van der Waals surface area contributed by atoms with Gasteiger partial charge in [-0.2, -0.15) is 0 Å². The summed E-state index contributed by atoms with van der Waals surface area (Å²) in [5, 5.41) is 0. The maximum Gasteiger partial charge on any atom is 0.323 e. The van der Waals surface area contributed by atoms with Crippen LogP contribution in [0.3, 0.4) is 0 Å². The summed E-state index contributed by atoms with van der Waals surface area (Å²) in [4.78, 5) is 11.4. The molecule has 0 aliphatic rings. The Labute approximate surface area is 87.0 Å². The molecule has 0 aromatic heterocycles. The number of carbonyl (C=O) groups excluding carboxylic acids is 1. The highest BCUT2D eigenvalue weighted by atomic mass is 16.5. The fourth-order valence-electron chi connectivity index (χ4n) is 1.36. The molecule has 14 heavy (non-hydrogen) atoms. The van der Waals surface area contributed by atoms with E-state index in [1.807, 2.05) is 20.8 Å². The van der Waals surface area contributed by atoms with E-state index in [-0.39, 0.29) is 12.1 Å². The van der Waals surface area contributed by atoms with E-state index in [0.29, 0.717) is 12.3 Å². The first kappa shape index (κ1) is 13.4. The van der Waals surface area contributed by atoms with Crippen molar-refractivity contribution in [2.45, 2.75) is 59.1 Å². The zero-order chi connectivity index (χ0) is 11.1. The molecule has 0 amide bonds. The number of esters is 1. The number of hydrogen-bond donors (Lipinski definition) is 1. The maximum atomic E-state index is 11.4. The molecule has 0 bridgehead atoms. The molecule has 0 saturated heterocycles. The van der Waals surface area contributed by atoms with Crippen LogP contribution in [-0.4, -0.2) is 18.1 Å². The van der Waals surface area contributed by atoms with Crippen molar-refractivity contribution >= 4 is 5.97 Å². The second kappa shape index (κ2) is 6.82. The molecule has 84 valence electrons. The van der Waals surface area contributed by atoms with E-state index >= 15 is 0 Å². The lowest BCUT2D eigenvalue weighted by Gasteiger charge is -2.17. The van der Waals surface area contributed by atoms with Gasteiger partial charge < -0.3 is 10.5 Å². The van der Waals surface area contributed by atoms with Crippen molar-refractivity contribution < 1.29 is 9.53 Å². The van der Waals surface area contributed by atoms with Gasteiger partial charge in [0.2, 0.25) is 0 Å². The predicted octanol–water partition coefficient (Wildman–Crippen LogP) is 2.09. The van der Waals surface area contributed by atoms with Crippen LogP contribution in [-0.2, 0) is 9.53 Å². The molecule has 0 aliphatic carbocycles. The van der Waals surface area contributed by atoms with Gasteiger partial charge in [-0.25, -0.2) is 0 Å². The highest BCUT2D eigenvalue weighted by molar-refractivity contribution is 5.75. The smallest absolute Gasteiger partial charge is 0.323 e. The first-order valence-electron chi connectivity index (χ1n) is 5.43. The summed E-state index contributed by atoms with van der Waals surface area (Å²) in [6.45, 7) is 8.06. The van der Waals surface area contributed by atoms with Gasteiger partial charge in [-0.05, 0) is 25.7 Å². The van der Waals surface area contributed by atoms with Gasteiger partial charge >= 0.3 is 5.97 Å². The van der Waals surface area contributed by atoms with E-state index in [0.717, 1.165) is 12.8 Å². The van der Waals surface area contributed by atoms with Crippen molar-refractivity contribution in [1.82, 2.24) is 0 Å². The first-order chi connectivity index (χ1) is 6.47. The molecule has 2 N–H and O–H groups in total. The maximum absolute atomic E-state index is 11.4. The quantitative estimate of drug-likeness (QED) is 0.669. The summed E-state index contributed by atoms with van der Waals surface area (Å²) >= 11 is 0. The van der Waals surface area contributed by atoms with Crippen LogP contribution in [0.25, 0.3) is 0 Å². The third kappa shape index (κ3) is 5.97. The topological polar surface area (TPSA) is 52.3 Å². The highest BCUT2D eigenvalue weighted by Gasteiger charge is 2.18. The van der Waals surface area contributed by atoms with Gasteiger partial charge in [0.1, 0.15) is 6.04 Å². The van der Waals surface area contributed by atoms with Crippen LogP contribution >= 0.6 is 0 Å². The summed E-state index contributed by atoms with van der Waals surface area (Å²) in [6.07, 6.45) is 2.61. The normalized spacial score (nSPS) is 15.3. The van der Waals surface area contributed by atoms with E-state index in [9.17, 15) is 4.79 Å². The molecular weight excluding hydrogens is 178 g/mol. The van der Waals surface area contributed by atoms with Crippen LogP contribution in [0.15, 0.2) is 0 Å². The van der Waals surface area contributed by atoms with Gasteiger partial charge in [0.25, 0.3) is 0 Å². The molecule has 3 heteroatoms. The lowest BCUT2D eigenvalue weighted by molar-refractivity contribution is -0.150. The Morgan fingerprint density at radius 3 is 2.36 bits per heavy atom. The minimum Gasteiger partial charge on any atom is -0.462 e. The molecule has 0 radical (unpaired) electrons. The highest BCUT2D eigenvalue weighted by Crippen LogP contribution is 2.07. The third-order valence-corrected chi connectivity index (χ3v) is 2.04. The monoisotopic (exact) mass is 201 g/mol. The van der Waals surface area contributed by atoms with Crippen LogP contribution < -0.4 is 5.73 Å². The second-order valence-electron chi connectivity index (χ2n) is 4.27. The van der Waals surface area contributed by atoms with Crippen LogP contribution in [0.1, 0.15) is 47.0 Å². The van der Waals surface area contributed by atoms with Crippen LogP contribution in [0.4, 0.5) is 0 Å². The van der Waals surface area contributed by atoms with E-state index in [1.165, 1.54) is 0 Å². The van der Waals surface area contributed by atoms with Crippen LogP contribution in [0, 0.1) is 5.92 Å². The summed E-state index contributed by atoms with van der Waals surface area (Å²) in [7, 11) is 0. The molecule has 3 nitrogen and oxygen atoms in total. The molecule has 0 aliphatic heterocycles. The lowest BCUT2D eigenvalue weighted by Crippen LogP contribution is -2.35. The molecule has 0 aromatic rings. The Balaban J connectivity index is 3.82. The largest absolute Gasteiger partial charge is 0.462 e. The van der Waals surface area contributed by atoms with Crippen molar-refractivity contribution in [3.8, 4) is 0 Å². The minimum atomic E-state index is -0.464. The van der Waals surface area contributed by atoms with Gasteiger partial charge in [-0.3, -0.25) is 4.79 Å². The van der Waals surface area contributed by atoms with Crippen molar-refractivity contribution in [2.75, 3.05) is 0 Å². The Hall–Kier alpha value is -0.570. The average Bonchev–Trinajstić information content (AvgIpc) is 2.02. The lowest BCUT2D eigenvalue weighted by atomic mass is 10.0. The molecule has 0 heterocycles. The number of carbonyl (C=O) groups is 1. The van der Waals surface area contributed by atoms with Crippen molar-refractivity contribution in [3.63, 3.8) is 0 Å². The Bertz CT molecular complexity index is 169. The molecule has 2 atom stereocenters. The first-order valence-corrected chi connectivity index (χ1v) is 5.43. The average molecular weight is 201 g/mol. The van der Waals surface area contributed by atoms with Crippen molar-refractivity contribution in [2.24, 2.45) is 11.7 Å². The molecular formula is C11H23NO2. The van der Waals surface area contributed by atoms with Crippen LogP contribution in [0.2, 0.25) is 0 Å². The summed E-state index contributed by atoms with van der Waals surface area (Å²) in [5.74, 6) is 0.165. The van der Waals surface area contributed by atoms with Gasteiger partial charge in [-0.1, -0.05) is 27.2 Å². The third-order valence-electron chi connectivity index (χ3n) is 2.04. The van der Waals surface area contributed by atoms with Gasteiger partial charge in [-0.15, -0.1) is 0 Å². The van der Waals surface area contributed by atoms with E-state index in [2.05, 4.69) is 6.92 Å². The zero-order valence-electron chi connectivity index (χ0n) is 9.75. The van der Waals surface area contributed by atoms with Crippen molar-refractivity contribution in [1.29, 1.82) is 0 Å². The van der Waals surface area contributed by atoms with Gasteiger partial charge in [0, 0.05) is 0 Å². The molecule has 0 rings (SSSR count). The SMILES string of the molecule is CCCC(C)OC(=O)[C@@H](N)CC(C)C. The number of hydrogen-bond acceptors (Lipinski definition) is 3. The molecule has 0 aromatic carbocycles. The van der Waals surface area contributed by atoms with Gasteiger partial charge in [0.05, 0.1) is 6.10 Å². The Kier molecular flexibility index (Phi) is 6.54.